The molecule has 30 heavy (non-hydrogen) atoms. The van der Waals surface area contributed by atoms with Gasteiger partial charge in [-0.1, -0.05) is 49.0 Å². The first kappa shape index (κ1) is 20.0. The van der Waals surface area contributed by atoms with Crippen molar-refractivity contribution in [1.29, 1.82) is 0 Å². The van der Waals surface area contributed by atoms with Crippen molar-refractivity contribution < 1.29 is 19.4 Å². The van der Waals surface area contributed by atoms with E-state index in [9.17, 15) is 9.59 Å². The molecule has 2 aliphatic heterocycles. The number of carboxylic acid groups (broad SMARTS) is 1. The van der Waals surface area contributed by atoms with Crippen LogP contribution in [0.15, 0.2) is 58.6 Å². The highest BCUT2D eigenvalue weighted by molar-refractivity contribution is 8.13. The van der Waals surface area contributed by atoms with Gasteiger partial charge in [0, 0.05) is 11.0 Å². The van der Waals surface area contributed by atoms with Crippen molar-refractivity contribution in [2.45, 2.75) is 19.5 Å². The second kappa shape index (κ2) is 8.58. The van der Waals surface area contributed by atoms with Crippen LogP contribution >= 0.6 is 11.8 Å². The molecule has 0 bridgehead atoms. The summed E-state index contributed by atoms with van der Waals surface area (Å²) in [6.45, 7) is 1.66. The highest BCUT2D eigenvalue weighted by Crippen LogP contribution is 2.31. The van der Waals surface area contributed by atoms with E-state index in [1.165, 1.54) is 11.8 Å². The molecule has 2 aliphatic rings. The van der Waals surface area contributed by atoms with Gasteiger partial charge in [0.05, 0.1) is 5.36 Å². The number of fused-ring (bicyclic) bond motifs is 2. The summed E-state index contributed by atoms with van der Waals surface area (Å²) in [4.78, 5) is 28.5. The molecular weight excluding hydrogens is 404 g/mol. The Bertz CT molecular complexity index is 1130. The van der Waals surface area contributed by atoms with Crippen LogP contribution in [0, 0.1) is 0 Å². The molecule has 8 nitrogen and oxygen atoms in total. The number of carbonyl (C=O) groups is 2. The molecule has 0 aromatic heterocycles. The van der Waals surface area contributed by atoms with Crippen LogP contribution in [0.4, 0.5) is 0 Å². The maximum Gasteiger partial charge on any atom is 0.341 e. The molecule has 1 amide bonds. The first-order valence-corrected chi connectivity index (χ1v) is 10.5. The van der Waals surface area contributed by atoms with Crippen LogP contribution in [0.25, 0.3) is 5.70 Å². The van der Waals surface area contributed by atoms with Crippen molar-refractivity contribution in [3.8, 4) is 5.75 Å². The van der Waals surface area contributed by atoms with Crippen molar-refractivity contribution in [2.24, 2.45) is 10.1 Å². The van der Waals surface area contributed by atoms with E-state index in [1.54, 1.807) is 29.3 Å². The number of nitrogens with zero attached hydrogens (tertiary/aromatic N) is 3. The number of carbonyl (C=O) groups excluding carboxylic acids is 1. The molecule has 0 spiro atoms. The van der Waals surface area contributed by atoms with Crippen LogP contribution in [0.1, 0.15) is 25.1 Å². The highest BCUT2D eigenvalue weighted by atomic mass is 32.2. The summed E-state index contributed by atoms with van der Waals surface area (Å²) in [5.41, 5.74) is 1.26. The molecule has 0 saturated carbocycles. The molecule has 2 aromatic rings. The Hall–Kier alpha value is -3.33. The Morgan fingerprint density at radius 2 is 2.00 bits per heavy atom. The summed E-state index contributed by atoms with van der Waals surface area (Å²) < 4.78 is 5.21. The van der Waals surface area contributed by atoms with Gasteiger partial charge in [0.25, 0.3) is 5.91 Å². The molecule has 0 saturated heterocycles. The fourth-order valence-corrected chi connectivity index (χ4v) is 3.90. The lowest BCUT2D eigenvalue weighted by Crippen LogP contribution is -2.50. The van der Waals surface area contributed by atoms with Crippen LogP contribution in [-0.2, 0) is 9.59 Å². The minimum absolute atomic E-state index is 0.211. The fraction of sp³-hybridized carbons (Fsp3) is 0.238. The maximum absolute atomic E-state index is 12.9. The number of aliphatic carboxylic acids is 1. The highest BCUT2D eigenvalue weighted by Gasteiger charge is 2.34. The monoisotopic (exact) mass is 424 g/mol. The van der Waals surface area contributed by atoms with E-state index in [1.807, 2.05) is 24.3 Å². The number of amides is 1. The number of benzene rings is 2. The topological polar surface area (TPSA) is 104 Å². The van der Waals surface area contributed by atoms with Gasteiger partial charge in [0.15, 0.2) is 17.9 Å². The van der Waals surface area contributed by atoms with Crippen molar-refractivity contribution >= 4 is 34.5 Å². The molecular formula is C21H20N4O4S. The maximum atomic E-state index is 12.9. The molecule has 1 unspecified atom stereocenters. The zero-order valence-corrected chi connectivity index (χ0v) is 17.1. The number of hydrogen-bond donors (Lipinski definition) is 2. The van der Waals surface area contributed by atoms with Crippen molar-refractivity contribution in [2.75, 3.05) is 12.4 Å². The van der Waals surface area contributed by atoms with E-state index in [-0.39, 0.29) is 5.91 Å². The number of thioether (sulfide) groups is 1. The summed E-state index contributed by atoms with van der Waals surface area (Å²) in [6.07, 6.45) is 0.441. The second-order valence-corrected chi connectivity index (χ2v) is 7.76. The average Bonchev–Trinajstić information content (AvgIpc) is 2.76. The molecule has 0 fully saturated rings. The number of nitrogens with one attached hydrogen (secondary N) is 1. The van der Waals surface area contributed by atoms with Gasteiger partial charge in [0.2, 0.25) is 0 Å². The lowest BCUT2D eigenvalue weighted by atomic mass is 10.1. The van der Waals surface area contributed by atoms with Gasteiger partial charge in [0.1, 0.15) is 11.4 Å². The predicted molar refractivity (Wildman–Crippen MR) is 113 cm³/mol. The summed E-state index contributed by atoms with van der Waals surface area (Å²) in [6, 6.07) is 14.5. The number of amidine groups is 1. The number of hydrazone groups is 1. The summed E-state index contributed by atoms with van der Waals surface area (Å²) in [5.74, 6) is 0.0389. The number of carboxylic acids is 1. The molecule has 0 radical (unpaired) electrons. The number of rotatable bonds is 6. The van der Waals surface area contributed by atoms with Crippen LogP contribution in [0.3, 0.4) is 0 Å². The first-order valence-electron chi connectivity index (χ1n) is 9.50. The number of hydrogen-bond acceptors (Lipinski definition) is 7. The lowest BCUT2D eigenvalue weighted by Gasteiger charge is -2.34. The van der Waals surface area contributed by atoms with Gasteiger partial charge >= 0.3 is 5.97 Å². The van der Waals surface area contributed by atoms with Gasteiger partial charge in [-0.25, -0.2) is 9.80 Å². The molecule has 9 heteroatoms. The smallest absolute Gasteiger partial charge is 0.341 e. The minimum atomic E-state index is -1.04. The van der Waals surface area contributed by atoms with Crippen LogP contribution in [0.2, 0.25) is 0 Å². The van der Waals surface area contributed by atoms with Crippen molar-refractivity contribution in [1.82, 2.24) is 10.3 Å². The Balaban J connectivity index is 1.75. The third-order valence-corrected chi connectivity index (χ3v) is 5.57. The standard InChI is InChI=1S/C21H20N4O4S/c1-2-11-30-21-23-20(28)18-15-5-3-4-6-16(15)22-19(25(18)24-21)13-7-9-14(10-8-13)29-12-17(26)27/h3-10,19H,2,11-12H2,1H3,(H,26,27)(H,23,24,28). The quantitative estimate of drug-likeness (QED) is 0.727. The van der Waals surface area contributed by atoms with E-state index < -0.39 is 18.7 Å². The molecule has 2 aromatic carbocycles. The molecule has 154 valence electrons. The fourth-order valence-electron chi connectivity index (χ4n) is 3.19. The largest absolute Gasteiger partial charge is 0.482 e. The van der Waals surface area contributed by atoms with Crippen LogP contribution in [-0.4, -0.2) is 39.5 Å². The van der Waals surface area contributed by atoms with Crippen molar-refractivity contribution in [3.05, 3.63) is 64.7 Å². The molecule has 1 atom stereocenters. The predicted octanol–water partition coefficient (Wildman–Crippen LogP) is 1.44. The summed E-state index contributed by atoms with van der Waals surface area (Å²) in [5, 5.41) is 20.0. The van der Waals surface area contributed by atoms with E-state index >= 15 is 0 Å². The zero-order chi connectivity index (χ0) is 21.1. The van der Waals surface area contributed by atoms with Gasteiger partial charge in [-0.15, -0.1) is 5.10 Å². The Kier molecular flexibility index (Phi) is 5.71. The van der Waals surface area contributed by atoms with Crippen molar-refractivity contribution in [3.63, 3.8) is 0 Å². The summed E-state index contributed by atoms with van der Waals surface area (Å²) >= 11 is 1.49. The van der Waals surface area contributed by atoms with Gasteiger partial charge < -0.3 is 9.84 Å². The second-order valence-electron chi connectivity index (χ2n) is 6.67. The van der Waals surface area contributed by atoms with Crippen LogP contribution < -0.4 is 20.6 Å². The van der Waals surface area contributed by atoms with Crippen LogP contribution in [0.5, 0.6) is 5.75 Å². The van der Waals surface area contributed by atoms with Gasteiger partial charge in [-0.3, -0.25) is 15.1 Å². The minimum Gasteiger partial charge on any atom is -0.482 e. The molecule has 2 heterocycles. The molecule has 4 rings (SSSR count). The normalized spacial score (nSPS) is 17.3. The third-order valence-electron chi connectivity index (χ3n) is 4.50. The summed E-state index contributed by atoms with van der Waals surface area (Å²) in [7, 11) is 0. The lowest BCUT2D eigenvalue weighted by molar-refractivity contribution is -0.139. The van der Waals surface area contributed by atoms with Gasteiger partial charge in [-0.2, -0.15) is 0 Å². The third kappa shape index (κ3) is 4.02. The van der Waals surface area contributed by atoms with Gasteiger partial charge in [-0.05, 0) is 30.2 Å². The molecule has 0 aliphatic carbocycles. The van der Waals surface area contributed by atoms with E-state index in [4.69, 9.17) is 14.8 Å². The Labute approximate surface area is 176 Å². The Morgan fingerprint density at radius 3 is 2.73 bits per heavy atom. The first-order chi connectivity index (χ1) is 14.6. The number of para-hydroxylation sites is 1. The SMILES string of the molecule is CCCSC1=NN2C(=c3ccccc3=NC2c2ccc(OCC(=O)O)cc2)C(=O)N1. The Morgan fingerprint density at radius 1 is 1.23 bits per heavy atom. The van der Waals surface area contributed by atoms with E-state index in [0.29, 0.717) is 16.6 Å². The zero-order valence-electron chi connectivity index (χ0n) is 16.2. The van der Waals surface area contributed by atoms with E-state index in [2.05, 4.69) is 17.3 Å². The number of ether oxygens (including phenoxy) is 1. The van der Waals surface area contributed by atoms with E-state index in [0.717, 1.165) is 28.3 Å². The molecule has 2 N–H and O–H groups in total. The average molecular weight is 424 g/mol.